The molecule has 0 saturated carbocycles. The monoisotopic (exact) mass is 375 g/mol. The van der Waals surface area contributed by atoms with Gasteiger partial charge in [-0.05, 0) is 31.0 Å². The molecule has 0 amide bonds. The van der Waals surface area contributed by atoms with Crippen LogP contribution >= 0.6 is 0 Å². The highest BCUT2D eigenvalue weighted by Gasteiger charge is 2.40. The van der Waals surface area contributed by atoms with Crippen LogP contribution in [0, 0.1) is 23.0 Å². The van der Waals surface area contributed by atoms with Crippen LogP contribution in [0.5, 0.6) is 0 Å². The van der Waals surface area contributed by atoms with Gasteiger partial charge in [0, 0.05) is 30.6 Å². The Hall–Kier alpha value is -2.29. The molecule has 138 valence electrons. The van der Waals surface area contributed by atoms with Gasteiger partial charge in [-0.25, -0.2) is 8.42 Å². The fourth-order valence-corrected chi connectivity index (χ4v) is 5.33. The van der Waals surface area contributed by atoms with E-state index in [1.807, 2.05) is 30.3 Å². The maximum atomic E-state index is 13.1. The Labute approximate surface area is 152 Å². The van der Waals surface area contributed by atoms with E-state index in [1.165, 1.54) is 29.4 Å². The first kappa shape index (κ1) is 18.5. The van der Waals surface area contributed by atoms with E-state index in [4.69, 9.17) is 5.73 Å². The minimum atomic E-state index is -3.84. The maximum Gasteiger partial charge on any atom is 0.273 e. The van der Waals surface area contributed by atoms with Crippen molar-refractivity contribution in [2.45, 2.75) is 17.7 Å². The molecule has 0 aliphatic carbocycles. The van der Waals surface area contributed by atoms with Gasteiger partial charge in [0.2, 0.25) is 10.0 Å². The quantitative estimate of drug-likeness (QED) is 0.637. The Bertz CT molecular complexity index is 915. The molecule has 0 aromatic heterocycles. The predicted octanol–water partition coefficient (Wildman–Crippen LogP) is 2.27. The lowest BCUT2D eigenvalue weighted by Gasteiger charge is -2.18. The van der Waals surface area contributed by atoms with Crippen molar-refractivity contribution in [1.29, 1.82) is 0 Å². The van der Waals surface area contributed by atoms with E-state index in [-0.39, 0.29) is 28.0 Å². The van der Waals surface area contributed by atoms with E-state index in [0.717, 1.165) is 5.56 Å². The first-order valence-corrected chi connectivity index (χ1v) is 9.79. The first-order valence-electron chi connectivity index (χ1n) is 8.35. The summed E-state index contributed by atoms with van der Waals surface area (Å²) in [6, 6.07) is 13.8. The number of nitrogens with two attached hydrogens (primary N) is 1. The van der Waals surface area contributed by atoms with Gasteiger partial charge in [-0.2, -0.15) is 4.31 Å². The summed E-state index contributed by atoms with van der Waals surface area (Å²) in [6.07, 6.45) is 0. The fourth-order valence-electron chi connectivity index (χ4n) is 3.56. The Morgan fingerprint density at radius 2 is 1.85 bits per heavy atom. The number of nitro groups is 1. The minimum absolute atomic E-state index is 0.00572. The Morgan fingerprint density at radius 3 is 2.46 bits per heavy atom. The van der Waals surface area contributed by atoms with Gasteiger partial charge in [-0.15, -0.1) is 0 Å². The van der Waals surface area contributed by atoms with E-state index in [0.29, 0.717) is 19.6 Å². The van der Waals surface area contributed by atoms with Crippen LogP contribution in [0.25, 0.3) is 0 Å². The van der Waals surface area contributed by atoms with Gasteiger partial charge in [0.25, 0.3) is 5.69 Å². The SMILES string of the molecule is Cc1c([N+](=O)[O-])cccc1S(=O)(=O)N1C[C@@H](CN)[C@H](c2ccccc2)C1. The minimum Gasteiger partial charge on any atom is -0.330 e. The second-order valence-corrected chi connectivity index (χ2v) is 8.40. The van der Waals surface area contributed by atoms with Crippen molar-refractivity contribution >= 4 is 15.7 Å². The van der Waals surface area contributed by atoms with Gasteiger partial charge in [0.1, 0.15) is 0 Å². The molecule has 1 aliphatic rings. The van der Waals surface area contributed by atoms with Crippen molar-refractivity contribution < 1.29 is 13.3 Å². The number of hydrogen-bond donors (Lipinski definition) is 1. The zero-order valence-corrected chi connectivity index (χ0v) is 15.2. The molecular formula is C18H21N3O4S. The van der Waals surface area contributed by atoms with Gasteiger partial charge < -0.3 is 5.73 Å². The molecule has 8 heteroatoms. The summed E-state index contributed by atoms with van der Waals surface area (Å²) in [6.45, 7) is 2.46. The average molecular weight is 375 g/mol. The molecule has 2 N–H and O–H groups in total. The lowest BCUT2D eigenvalue weighted by molar-refractivity contribution is -0.385. The van der Waals surface area contributed by atoms with E-state index < -0.39 is 14.9 Å². The van der Waals surface area contributed by atoms with Gasteiger partial charge >= 0.3 is 0 Å². The molecule has 7 nitrogen and oxygen atoms in total. The van der Waals surface area contributed by atoms with Crippen molar-refractivity contribution in [2.75, 3.05) is 19.6 Å². The molecule has 2 aromatic carbocycles. The third kappa shape index (κ3) is 3.23. The van der Waals surface area contributed by atoms with Crippen LogP contribution in [-0.2, 0) is 10.0 Å². The van der Waals surface area contributed by atoms with Gasteiger partial charge in [0.05, 0.1) is 9.82 Å². The van der Waals surface area contributed by atoms with Crippen LogP contribution < -0.4 is 5.73 Å². The first-order chi connectivity index (χ1) is 12.4. The molecule has 1 aliphatic heterocycles. The Morgan fingerprint density at radius 1 is 1.15 bits per heavy atom. The van der Waals surface area contributed by atoms with Crippen LogP contribution in [0.4, 0.5) is 5.69 Å². The van der Waals surface area contributed by atoms with Gasteiger partial charge in [-0.1, -0.05) is 36.4 Å². The normalized spacial score (nSPS) is 21.0. The highest BCUT2D eigenvalue weighted by atomic mass is 32.2. The zero-order chi connectivity index (χ0) is 18.9. The average Bonchev–Trinajstić information content (AvgIpc) is 3.07. The van der Waals surface area contributed by atoms with Crippen LogP contribution in [0.15, 0.2) is 53.4 Å². The summed E-state index contributed by atoms with van der Waals surface area (Å²) in [7, 11) is -3.84. The van der Waals surface area contributed by atoms with Crippen LogP contribution in [-0.4, -0.2) is 37.3 Å². The Balaban J connectivity index is 1.96. The molecule has 0 unspecified atom stereocenters. The number of hydrogen-bond acceptors (Lipinski definition) is 5. The molecule has 2 aromatic rings. The number of nitro benzene ring substituents is 1. The molecule has 0 spiro atoms. The summed E-state index contributed by atoms with van der Waals surface area (Å²) >= 11 is 0. The second kappa shape index (κ2) is 7.14. The summed E-state index contributed by atoms with van der Waals surface area (Å²) in [5.74, 6) is 0.0150. The largest absolute Gasteiger partial charge is 0.330 e. The van der Waals surface area contributed by atoms with Crippen molar-refractivity contribution in [1.82, 2.24) is 4.31 Å². The maximum absolute atomic E-state index is 13.1. The van der Waals surface area contributed by atoms with Crippen LogP contribution in [0.3, 0.4) is 0 Å². The highest BCUT2D eigenvalue weighted by molar-refractivity contribution is 7.89. The third-order valence-electron chi connectivity index (χ3n) is 5.01. The molecule has 0 radical (unpaired) electrons. The molecule has 26 heavy (non-hydrogen) atoms. The van der Waals surface area contributed by atoms with Crippen molar-refractivity contribution in [3.8, 4) is 0 Å². The number of benzene rings is 2. The molecule has 1 fully saturated rings. The molecule has 2 atom stereocenters. The highest BCUT2D eigenvalue weighted by Crippen LogP contribution is 2.36. The molecule has 1 saturated heterocycles. The third-order valence-corrected chi connectivity index (χ3v) is 6.98. The molecule has 0 bridgehead atoms. The summed E-state index contributed by atoms with van der Waals surface area (Å²) in [5.41, 5.74) is 6.90. The van der Waals surface area contributed by atoms with Crippen molar-refractivity contribution in [2.24, 2.45) is 11.7 Å². The molecule has 1 heterocycles. The van der Waals surface area contributed by atoms with E-state index in [2.05, 4.69) is 0 Å². The number of sulfonamides is 1. The zero-order valence-electron chi connectivity index (χ0n) is 14.4. The fraction of sp³-hybridized carbons (Fsp3) is 0.333. The lowest BCUT2D eigenvalue weighted by Crippen LogP contribution is -2.30. The smallest absolute Gasteiger partial charge is 0.273 e. The summed E-state index contributed by atoms with van der Waals surface area (Å²) in [5, 5.41) is 11.1. The standard InChI is InChI=1S/C18H21N3O4S/c1-13-17(21(22)23)8-5-9-18(13)26(24,25)20-11-15(10-19)16(12-20)14-6-3-2-4-7-14/h2-9,15-16H,10-12,19H2,1H3/t15-,16+/m1/s1. The van der Waals surface area contributed by atoms with Crippen LogP contribution in [0.2, 0.25) is 0 Å². The summed E-state index contributed by atoms with van der Waals surface area (Å²) < 4.78 is 27.7. The lowest BCUT2D eigenvalue weighted by atomic mass is 9.89. The topological polar surface area (TPSA) is 107 Å². The second-order valence-electron chi connectivity index (χ2n) is 6.49. The van der Waals surface area contributed by atoms with E-state index in [1.54, 1.807) is 0 Å². The van der Waals surface area contributed by atoms with E-state index >= 15 is 0 Å². The van der Waals surface area contributed by atoms with E-state index in [9.17, 15) is 18.5 Å². The predicted molar refractivity (Wildman–Crippen MR) is 98.3 cm³/mol. The summed E-state index contributed by atoms with van der Waals surface area (Å²) in [4.78, 5) is 10.6. The van der Waals surface area contributed by atoms with Crippen molar-refractivity contribution in [3.63, 3.8) is 0 Å². The van der Waals surface area contributed by atoms with Crippen LogP contribution in [0.1, 0.15) is 17.0 Å². The van der Waals surface area contributed by atoms with Gasteiger partial charge in [0.15, 0.2) is 0 Å². The molecular weight excluding hydrogens is 354 g/mol. The Kier molecular flexibility index (Phi) is 5.08. The number of nitrogens with zero attached hydrogens (tertiary/aromatic N) is 2. The van der Waals surface area contributed by atoms with Gasteiger partial charge in [-0.3, -0.25) is 10.1 Å². The molecule has 3 rings (SSSR count). The number of rotatable bonds is 5. The van der Waals surface area contributed by atoms with Crippen molar-refractivity contribution in [3.05, 3.63) is 69.8 Å².